The average molecular weight is 321 g/mol. The van der Waals surface area contributed by atoms with Gasteiger partial charge in [-0.05, 0) is 36.8 Å². The van der Waals surface area contributed by atoms with Crippen LogP contribution in [0.5, 0.6) is 0 Å². The van der Waals surface area contributed by atoms with E-state index in [1.165, 1.54) is 17.0 Å². The lowest BCUT2D eigenvalue weighted by molar-refractivity contribution is -0.137. The molecule has 0 bridgehead atoms. The summed E-state index contributed by atoms with van der Waals surface area (Å²) in [6.45, 7) is 0.317. The summed E-state index contributed by atoms with van der Waals surface area (Å²) in [6, 6.07) is 11.2. The zero-order valence-corrected chi connectivity index (χ0v) is 12.0. The van der Waals surface area contributed by atoms with Crippen molar-refractivity contribution in [2.24, 2.45) is 0 Å². The van der Waals surface area contributed by atoms with Gasteiger partial charge in [0.25, 0.3) is 5.91 Å². The summed E-state index contributed by atoms with van der Waals surface area (Å²) in [5.74, 6) is -0.377. The van der Waals surface area contributed by atoms with E-state index in [2.05, 4.69) is 0 Å². The SMILES string of the molecule is O=C(c1ccc(C(F)(F)F)cc1)N1CCC(O)c2ccccc21. The van der Waals surface area contributed by atoms with Crippen LogP contribution in [-0.2, 0) is 6.18 Å². The molecule has 6 heteroatoms. The van der Waals surface area contributed by atoms with Gasteiger partial charge in [0.15, 0.2) is 0 Å². The third-order valence-corrected chi connectivity index (χ3v) is 3.92. The number of benzene rings is 2. The number of nitrogens with zero attached hydrogens (tertiary/aromatic N) is 1. The second-order valence-electron chi connectivity index (χ2n) is 5.40. The minimum absolute atomic E-state index is 0.184. The highest BCUT2D eigenvalue weighted by atomic mass is 19.4. The Labute approximate surface area is 131 Å². The number of aliphatic hydroxyl groups excluding tert-OH is 1. The van der Waals surface area contributed by atoms with Crippen molar-refractivity contribution >= 4 is 11.6 Å². The first-order valence-electron chi connectivity index (χ1n) is 7.14. The van der Waals surface area contributed by atoms with Gasteiger partial charge in [0.05, 0.1) is 11.7 Å². The van der Waals surface area contributed by atoms with E-state index in [1.807, 2.05) is 0 Å². The van der Waals surface area contributed by atoms with E-state index >= 15 is 0 Å². The molecule has 1 aliphatic heterocycles. The molecule has 1 amide bonds. The van der Waals surface area contributed by atoms with Gasteiger partial charge in [-0.15, -0.1) is 0 Å². The number of fused-ring (bicyclic) bond motifs is 1. The van der Waals surface area contributed by atoms with Crippen LogP contribution in [0.25, 0.3) is 0 Å². The fourth-order valence-electron chi connectivity index (χ4n) is 2.71. The van der Waals surface area contributed by atoms with Gasteiger partial charge in [-0.2, -0.15) is 13.2 Å². The molecule has 0 saturated carbocycles. The quantitative estimate of drug-likeness (QED) is 0.868. The Morgan fingerprint density at radius 2 is 1.74 bits per heavy atom. The molecular formula is C17H14F3NO2. The van der Waals surface area contributed by atoms with Crippen LogP contribution >= 0.6 is 0 Å². The van der Waals surface area contributed by atoms with Crippen LogP contribution in [0.1, 0.15) is 34.0 Å². The second kappa shape index (κ2) is 5.70. The van der Waals surface area contributed by atoms with Crippen molar-refractivity contribution in [2.75, 3.05) is 11.4 Å². The van der Waals surface area contributed by atoms with Gasteiger partial charge in [-0.3, -0.25) is 4.79 Å². The van der Waals surface area contributed by atoms with Crippen LogP contribution in [0.2, 0.25) is 0 Å². The van der Waals surface area contributed by atoms with E-state index < -0.39 is 17.8 Å². The molecule has 2 aromatic carbocycles. The highest BCUT2D eigenvalue weighted by molar-refractivity contribution is 6.06. The van der Waals surface area contributed by atoms with Crippen molar-refractivity contribution in [3.8, 4) is 0 Å². The van der Waals surface area contributed by atoms with Crippen LogP contribution < -0.4 is 4.90 Å². The molecule has 23 heavy (non-hydrogen) atoms. The molecule has 0 fully saturated rings. The van der Waals surface area contributed by atoms with E-state index in [9.17, 15) is 23.1 Å². The minimum atomic E-state index is -4.43. The molecule has 3 rings (SSSR count). The van der Waals surface area contributed by atoms with Crippen LogP contribution in [-0.4, -0.2) is 17.6 Å². The molecule has 1 unspecified atom stereocenters. The first-order chi connectivity index (χ1) is 10.9. The molecule has 3 nitrogen and oxygen atoms in total. The molecule has 2 aromatic rings. The van der Waals surface area contributed by atoms with Crippen molar-refractivity contribution in [3.63, 3.8) is 0 Å². The molecule has 1 heterocycles. The maximum absolute atomic E-state index is 12.6. The first-order valence-corrected chi connectivity index (χ1v) is 7.14. The Hall–Kier alpha value is -2.34. The van der Waals surface area contributed by atoms with Gasteiger partial charge < -0.3 is 10.0 Å². The summed E-state index contributed by atoms with van der Waals surface area (Å²) in [4.78, 5) is 14.1. The van der Waals surface area contributed by atoms with E-state index in [-0.39, 0.29) is 11.5 Å². The average Bonchev–Trinajstić information content (AvgIpc) is 2.54. The lowest BCUT2D eigenvalue weighted by Crippen LogP contribution is -2.36. The fourth-order valence-corrected chi connectivity index (χ4v) is 2.71. The molecular weight excluding hydrogens is 307 g/mol. The Morgan fingerprint density at radius 1 is 1.09 bits per heavy atom. The van der Waals surface area contributed by atoms with Crippen molar-refractivity contribution in [2.45, 2.75) is 18.7 Å². The Bertz CT molecular complexity index is 725. The molecule has 1 atom stereocenters. The van der Waals surface area contributed by atoms with Gasteiger partial charge in [-0.25, -0.2) is 0 Å². The van der Waals surface area contributed by atoms with Crippen LogP contribution in [0, 0.1) is 0 Å². The van der Waals surface area contributed by atoms with E-state index in [0.29, 0.717) is 24.2 Å². The number of rotatable bonds is 1. The van der Waals surface area contributed by atoms with Crippen molar-refractivity contribution in [1.82, 2.24) is 0 Å². The van der Waals surface area contributed by atoms with Crippen molar-refractivity contribution in [3.05, 3.63) is 65.2 Å². The smallest absolute Gasteiger partial charge is 0.388 e. The van der Waals surface area contributed by atoms with Gasteiger partial charge in [0.1, 0.15) is 0 Å². The monoisotopic (exact) mass is 321 g/mol. The number of para-hydroxylation sites is 1. The molecule has 120 valence electrons. The number of alkyl halides is 3. The number of carbonyl (C=O) groups is 1. The van der Waals surface area contributed by atoms with Crippen LogP contribution in [0.4, 0.5) is 18.9 Å². The Balaban J connectivity index is 1.91. The number of hydrogen-bond acceptors (Lipinski definition) is 2. The Kier molecular flexibility index (Phi) is 3.85. The topological polar surface area (TPSA) is 40.5 Å². The lowest BCUT2D eigenvalue weighted by atomic mass is 9.98. The third-order valence-electron chi connectivity index (χ3n) is 3.92. The molecule has 0 aliphatic carbocycles. The maximum atomic E-state index is 12.6. The predicted octanol–water partition coefficient (Wildman–Crippen LogP) is 3.79. The number of anilines is 1. The summed E-state index contributed by atoms with van der Waals surface area (Å²) in [5, 5.41) is 9.99. The van der Waals surface area contributed by atoms with Crippen molar-refractivity contribution in [1.29, 1.82) is 0 Å². The fraction of sp³-hybridized carbons (Fsp3) is 0.235. The summed E-state index contributed by atoms with van der Waals surface area (Å²) in [5.41, 5.74) is 0.642. The van der Waals surface area contributed by atoms with Crippen molar-refractivity contribution < 1.29 is 23.1 Å². The third kappa shape index (κ3) is 2.94. The first kappa shape index (κ1) is 15.6. The molecule has 0 saturated heterocycles. The maximum Gasteiger partial charge on any atom is 0.416 e. The predicted molar refractivity (Wildman–Crippen MR) is 79.1 cm³/mol. The van der Waals surface area contributed by atoms with Gasteiger partial charge in [0, 0.05) is 23.4 Å². The van der Waals surface area contributed by atoms with Crippen LogP contribution in [0.3, 0.4) is 0 Å². The molecule has 1 aliphatic rings. The minimum Gasteiger partial charge on any atom is -0.388 e. The zero-order chi connectivity index (χ0) is 16.6. The summed E-state index contributed by atoms with van der Waals surface area (Å²) < 4.78 is 37.8. The molecule has 0 radical (unpaired) electrons. The number of aliphatic hydroxyl groups is 1. The normalized spacial score (nSPS) is 17.7. The van der Waals surface area contributed by atoms with Gasteiger partial charge in [-0.1, -0.05) is 18.2 Å². The number of hydrogen-bond donors (Lipinski definition) is 1. The summed E-state index contributed by atoms with van der Waals surface area (Å²) in [7, 11) is 0. The molecule has 0 spiro atoms. The molecule has 1 N–H and O–H groups in total. The highest BCUT2D eigenvalue weighted by Crippen LogP contribution is 2.34. The Morgan fingerprint density at radius 3 is 2.39 bits per heavy atom. The number of carbonyl (C=O) groups excluding carboxylic acids is 1. The number of amides is 1. The van der Waals surface area contributed by atoms with E-state index in [1.54, 1.807) is 24.3 Å². The second-order valence-corrected chi connectivity index (χ2v) is 5.40. The number of halogens is 3. The largest absolute Gasteiger partial charge is 0.416 e. The van der Waals surface area contributed by atoms with Gasteiger partial charge >= 0.3 is 6.18 Å². The van der Waals surface area contributed by atoms with Crippen LogP contribution in [0.15, 0.2) is 48.5 Å². The molecule has 0 aromatic heterocycles. The standard InChI is InChI=1S/C17H14F3NO2/c18-17(19,20)12-7-5-11(6-8-12)16(23)21-10-9-15(22)13-3-1-2-4-14(13)21/h1-8,15,22H,9-10H2. The van der Waals surface area contributed by atoms with Gasteiger partial charge in [0.2, 0.25) is 0 Å². The van der Waals surface area contributed by atoms with E-state index in [4.69, 9.17) is 0 Å². The van der Waals surface area contributed by atoms with E-state index in [0.717, 1.165) is 12.1 Å². The summed E-state index contributed by atoms with van der Waals surface area (Å²) in [6.07, 6.45) is -4.67. The summed E-state index contributed by atoms with van der Waals surface area (Å²) >= 11 is 0. The highest BCUT2D eigenvalue weighted by Gasteiger charge is 2.31. The zero-order valence-electron chi connectivity index (χ0n) is 12.0. The lowest BCUT2D eigenvalue weighted by Gasteiger charge is -2.32.